The van der Waals surface area contributed by atoms with Gasteiger partial charge in [-0.1, -0.05) is 12.1 Å². The number of hydrogen-bond acceptors (Lipinski definition) is 4. The zero-order valence-corrected chi connectivity index (χ0v) is 15.9. The predicted molar refractivity (Wildman–Crippen MR) is 107 cm³/mol. The Balaban J connectivity index is 1.82. The van der Waals surface area contributed by atoms with Gasteiger partial charge in [0.05, 0.1) is 12.8 Å². The van der Waals surface area contributed by atoms with Gasteiger partial charge in [0.25, 0.3) is 0 Å². The lowest BCUT2D eigenvalue weighted by Gasteiger charge is -2.11. The van der Waals surface area contributed by atoms with Crippen LogP contribution in [-0.2, 0) is 11.3 Å². The molecule has 3 aromatic rings. The molecule has 0 bridgehead atoms. The number of ether oxygens (including phenoxy) is 1. The molecule has 0 saturated heterocycles. The van der Waals surface area contributed by atoms with Gasteiger partial charge in [-0.25, -0.2) is 0 Å². The van der Waals surface area contributed by atoms with Gasteiger partial charge in [-0.3, -0.25) is 23.5 Å². The quantitative estimate of drug-likeness (QED) is 0.690. The number of carbonyl (C=O) groups excluding carboxylic acids is 1. The highest BCUT2D eigenvalue weighted by Gasteiger charge is 2.11. The molecule has 2 aromatic carbocycles. The van der Waals surface area contributed by atoms with Crippen LogP contribution in [0.4, 0.5) is 5.69 Å². The summed E-state index contributed by atoms with van der Waals surface area (Å²) in [5, 5.41) is 2.74. The molecule has 1 N–H and O–H groups in total. The number of amides is 1. The van der Waals surface area contributed by atoms with Crippen LogP contribution in [0, 0.1) is 13.8 Å². The van der Waals surface area contributed by atoms with Crippen LogP contribution in [-0.4, -0.2) is 22.2 Å². The summed E-state index contributed by atoms with van der Waals surface area (Å²) in [5.74, 6) is 0.185. The average molecular weight is 379 g/mol. The minimum Gasteiger partial charge on any atom is -0.497 e. The molecule has 0 fully saturated rings. The lowest BCUT2D eigenvalue weighted by Crippen LogP contribution is -2.41. The molecule has 1 aromatic heterocycles. The highest BCUT2D eigenvalue weighted by Crippen LogP contribution is 2.15. The number of hydrogen-bond donors (Lipinski definition) is 1. The maximum absolute atomic E-state index is 12.5. The van der Waals surface area contributed by atoms with Gasteiger partial charge in [-0.15, -0.1) is 0 Å². The number of methoxy groups -OCH3 is 1. The number of nitrogens with one attached hydrogen (secondary N) is 1. The third-order valence-corrected chi connectivity index (χ3v) is 4.49. The number of aromatic nitrogens is 2. The summed E-state index contributed by atoms with van der Waals surface area (Å²) in [6.45, 7) is 3.69. The smallest absolute Gasteiger partial charge is 0.320 e. The van der Waals surface area contributed by atoms with E-state index in [4.69, 9.17) is 4.74 Å². The first-order valence-electron chi connectivity index (χ1n) is 8.72. The molecule has 7 heteroatoms. The molecule has 144 valence electrons. The average Bonchev–Trinajstić information content (AvgIpc) is 2.68. The summed E-state index contributed by atoms with van der Waals surface area (Å²) in [4.78, 5) is 37.2. The second kappa shape index (κ2) is 7.96. The van der Waals surface area contributed by atoms with Crippen LogP contribution in [0.2, 0.25) is 0 Å². The molecular weight excluding hydrogens is 358 g/mol. The maximum Gasteiger partial charge on any atom is 0.320 e. The first-order valence-corrected chi connectivity index (χ1v) is 8.72. The maximum atomic E-state index is 12.5. The Morgan fingerprint density at radius 1 is 1.00 bits per heavy atom. The molecule has 0 atom stereocenters. The van der Waals surface area contributed by atoms with Crippen LogP contribution in [0.25, 0.3) is 5.69 Å². The fraction of sp³-hybridized carbons (Fsp3) is 0.190. The number of aryl methyl sites for hydroxylation is 2. The van der Waals surface area contributed by atoms with E-state index in [0.29, 0.717) is 17.1 Å². The molecule has 0 radical (unpaired) electrons. The third-order valence-electron chi connectivity index (χ3n) is 4.49. The summed E-state index contributed by atoms with van der Waals surface area (Å²) < 4.78 is 7.46. The van der Waals surface area contributed by atoms with Crippen molar-refractivity contribution in [3.8, 4) is 11.4 Å². The highest BCUT2D eigenvalue weighted by atomic mass is 16.5. The molecule has 0 unspecified atom stereocenters. The van der Waals surface area contributed by atoms with Crippen molar-refractivity contribution in [3.05, 3.63) is 86.7 Å². The molecule has 0 aliphatic carbocycles. The van der Waals surface area contributed by atoms with Crippen LogP contribution in [0.15, 0.2) is 64.4 Å². The van der Waals surface area contributed by atoms with E-state index in [9.17, 15) is 14.4 Å². The summed E-state index contributed by atoms with van der Waals surface area (Å²) in [7, 11) is 1.52. The number of benzene rings is 2. The molecule has 0 spiro atoms. The molecule has 28 heavy (non-hydrogen) atoms. The van der Waals surface area contributed by atoms with Crippen molar-refractivity contribution in [2.75, 3.05) is 12.4 Å². The molecule has 3 rings (SSSR count). The number of carbonyl (C=O) groups is 1. The van der Waals surface area contributed by atoms with Crippen molar-refractivity contribution >= 4 is 11.6 Å². The van der Waals surface area contributed by atoms with E-state index < -0.39 is 11.1 Å². The van der Waals surface area contributed by atoms with Crippen LogP contribution in [0.3, 0.4) is 0 Å². The van der Waals surface area contributed by atoms with Crippen molar-refractivity contribution in [2.45, 2.75) is 20.4 Å². The molecule has 0 aliphatic rings. The number of anilines is 1. The Morgan fingerprint density at radius 2 is 1.79 bits per heavy atom. The monoisotopic (exact) mass is 379 g/mol. The van der Waals surface area contributed by atoms with Crippen molar-refractivity contribution in [3.63, 3.8) is 0 Å². The Kier molecular flexibility index (Phi) is 5.44. The molecule has 0 saturated carbocycles. The normalized spacial score (nSPS) is 10.5. The SMILES string of the molecule is COc1cccc(-n2ccn(CC(=O)Nc3ccc(C)c(C)c3)c(=O)c2=O)c1. The van der Waals surface area contributed by atoms with Gasteiger partial charge < -0.3 is 10.1 Å². The predicted octanol–water partition coefficient (Wildman–Crippen LogP) is 2.26. The van der Waals surface area contributed by atoms with Gasteiger partial charge in [0.15, 0.2) is 0 Å². The van der Waals surface area contributed by atoms with Crippen LogP contribution in [0.1, 0.15) is 11.1 Å². The summed E-state index contributed by atoms with van der Waals surface area (Å²) in [6, 6.07) is 12.4. The lowest BCUT2D eigenvalue weighted by molar-refractivity contribution is -0.116. The summed E-state index contributed by atoms with van der Waals surface area (Å²) in [5.41, 5.74) is 1.81. The van der Waals surface area contributed by atoms with Gasteiger partial charge in [-0.2, -0.15) is 0 Å². The van der Waals surface area contributed by atoms with Crippen molar-refractivity contribution in [1.29, 1.82) is 0 Å². The first-order chi connectivity index (χ1) is 13.4. The second-order valence-electron chi connectivity index (χ2n) is 6.46. The topological polar surface area (TPSA) is 82.3 Å². The highest BCUT2D eigenvalue weighted by molar-refractivity contribution is 5.90. The fourth-order valence-electron chi connectivity index (χ4n) is 2.77. The standard InChI is InChI=1S/C21H21N3O4/c1-14-7-8-16(11-15(14)2)22-19(25)13-23-9-10-24(21(27)20(23)26)17-5-4-6-18(12-17)28-3/h4-12H,13H2,1-3H3,(H,22,25). The van der Waals surface area contributed by atoms with E-state index >= 15 is 0 Å². The van der Waals surface area contributed by atoms with E-state index in [1.54, 1.807) is 30.3 Å². The summed E-state index contributed by atoms with van der Waals surface area (Å²) in [6.07, 6.45) is 2.88. The van der Waals surface area contributed by atoms with E-state index in [1.807, 2.05) is 26.0 Å². The van der Waals surface area contributed by atoms with Gasteiger partial charge in [0, 0.05) is 24.1 Å². The Hall–Kier alpha value is -3.61. The Bertz CT molecular complexity index is 1140. The van der Waals surface area contributed by atoms with Crippen molar-refractivity contribution < 1.29 is 9.53 Å². The van der Waals surface area contributed by atoms with Crippen LogP contribution >= 0.6 is 0 Å². The van der Waals surface area contributed by atoms with Crippen molar-refractivity contribution in [2.24, 2.45) is 0 Å². The Morgan fingerprint density at radius 3 is 2.50 bits per heavy atom. The Labute approximate surface area is 161 Å². The minimum absolute atomic E-state index is 0.250. The second-order valence-corrected chi connectivity index (χ2v) is 6.46. The largest absolute Gasteiger partial charge is 0.497 e. The fourth-order valence-corrected chi connectivity index (χ4v) is 2.77. The van der Waals surface area contributed by atoms with Gasteiger partial charge in [0.1, 0.15) is 12.3 Å². The van der Waals surface area contributed by atoms with Gasteiger partial charge in [0.2, 0.25) is 5.91 Å². The number of nitrogens with zero attached hydrogens (tertiary/aromatic N) is 2. The van der Waals surface area contributed by atoms with Gasteiger partial charge >= 0.3 is 11.1 Å². The minimum atomic E-state index is -0.777. The molecule has 0 aliphatic heterocycles. The zero-order chi connectivity index (χ0) is 20.3. The molecule has 1 amide bonds. The van der Waals surface area contributed by atoms with Gasteiger partial charge in [-0.05, 0) is 49.2 Å². The zero-order valence-electron chi connectivity index (χ0n) is 15.9. The lowest BCUT2D eigenvalue weighted by atomic mass is 10.1. The summed E-state index contributed by atoms with van der Waals surface area (Å²) >= 11 is 0. The number of rotatable bonds is 5. The van der Waals surface area contributed by atoms with Crippen molar-refractivity contribution in [1.82, 2.24) is 9.13 Å². The molecule has 1 heterocycles. The van der Waals surface area contributed by atoms with Crippen LogP contribution < -0.4 is 21.2 Å². The van der Waals surface area contributed by atoms with Crippen LogP contribution in [0.5, 0.6) is 5.75 Å². The van der Waals surface area contributed by atoms with E-state index in [0.717, 1.165) is 15.7 Å². The van der Waals surface area contributed by atoms with E-state index in [2.05, 4.69) is 5.32 Å². The molecule has 7 nitrogen and oxygen atoms in total. The molecular formula is C21H21N3O4. The third kappa shape index (κ3) is 4.03. The first kappa shape index (κ1) is 19.2. The van der Waals surface area contributed by atoms with E-state index in [-0.39, 0.29) is 12.5 Å². The van der Waals surface area contributed by atoms with E-state index in [1.165, 1.54) is 24.1 Å².